The van der Waals surface area contributed by atoms with E-state index in [0.29, 0.717) is 5.13 Å². The van der Waals surface area contributed by atoms with Gasteiger partial charge in [0.2, 0.25) is 5.13 Å². The molecule has 0 unspecified atom stereocenters. The molecule has 1 saturated heterocycles. The monoisotopic (exact) mass is 260 g/mol. The minimum absolute atomic E-state index is 0.519. The summed E-state index contributed by atoms with van der Waals surface area (Å²) >= 11 is 1.42. The van der Waals surface area contributed by atoms with Gasteiger partial charge in [-0.1, -0.05) is 11.3 Å². The van der Waals surface area contributed by atoms with Crippen molar-refractivity contribution in [2.75, 3.05) is 23.7 Å². The van der Waals surface area contributed by atoms with Crippen molar-refractivity contribution in [3.8, 4) is 10.6 Å². The lowest BCUT2D eigenvalue weighted by Gasteiger charge is -2.28. The normalized spacial score (nSPS) is 15.9. The lowest BCUT2D eigenvalue weighted by atomic mass is 10.1. The number of nitrogens with two attached hydrogens (primary N) is 1. The number of aromatic nitrogens is 2. The topological polar surface area (TPSA) is 55.0 Å². The van der Waals surface area contributed by atoms with Crippen molar-refractivity contribution >= 4 is 22.2 Å². The van der Waals surface area contributed by atoms with Gasteiger partial charge >= 0.3 is 0 Å². The van der Waals surface area contributed by atoms with Crippen LogP contribution in [0.15, 0.2) is 24.3 Å². The van der Waals surface area contributed by atoms with E-state index in [2.05, 4.69) is 39.4 Å². The number of benzene rings is 1. The van der Waals surface area contributed by atoms with Crippen LogP contribution in [0.4, 0.5) is 10.8 Å². The lowest BCUT2D eigenvalue weighted by molar-refractivity contribution is 0.578. The van der Waals surface area contributed by atoms with Gasteiger partial charge in [0.05, 0.1) is 0 Å². The highest BCUT2D eigenvalue weighted by Crippen LogP contribution is 2.27. The van der Waals surface area contributed by atoms with E-state index in [-0.39, 0.29) is 0 Å². The Morgan fingerprint density at radius 3 is 2.33 bits per heavy atom. The quantitative estimate of drug-likeness (QED) is 0.902. The first kappa shape index (κ1) is 11.5. The molecule has 0 spiro atoms. The number of hydrogen-bond donors (Lipinski definition) is 1. The predicted molar refractivity (Wildman–Crippen MR) is 75.8 cm³/mol. The van der Waals surface area contributed by atoms with Gasteiger partial charge in [-0.3, -0.25) is 0 Å². The van der Waals surface area contributed by atoms with Crippen LogP contribution < -0.4 is 10.6 Å². The zero-order chi connectivity index (χ0) is 12.4. The minimum atomic E-state index is 0.519. The summed E-state index contributed by atoms with van der Waals surface area (Å²) in [5.74, 6) is 0. The molecule has 3 rings (SSSR count). The number of rotatable bonds is 2. The van der Waals surface area contributed by atoms with Gasteiger partial charge in [0.25, 0.3) is 0 Å². The first-order chi connectivity index (χ1) is 8.83. The van der Waals surface area contributed by atoms with Crippen LogP contribution in [0.1, 0.15) is 19.3 Å². The fourth-order valence-electron chi connectivity index (χ4n) is 2.32. The SMILES string of the molecule is Nc1nnc(-c2ccc(N3CCCCC3)cc2)s1. The van der Waals surface area contributed by atoms with E-state index in [1.807, 2.05) is 0 Å². The second-order valence-electron chi connectivity index (χ2n) is 4.54. The number of anilines is 2. The Morgan fingerprint density at radius 1 is 1.00 bits per heavy atom. The molecule has 2 heterocycles. The van der Waals surface area contributed by atoms with Crippen LogP contribution in [-0.2, 0) is 0 Å². The van der Waals surface area contributed by atoms with Crippen molar-refractivity contribution < 1.29 is 0 Å². The molecule has 2 N–H and O–H groups in total. The highest BCUT2D eigenvalue weighted by molar-refractivity contribution is 7.18. The molecule has 0 atom stereocenters. The maximum atomic E-state index is 5.60. The number of nitrogen functional groups attached to an aromatic ring is 1. The fraction of sp³-hybridized carbons (Fsp3) is 0.385. The van der Waals surface area contributed by atoms with Crippen molar-refractivity contribution in [3.05, 3.63) is 24.3 Å². The van der Waals surface area contributed by atoms with Gasteiger partial charge in [-0.05, 0) is 43.5 Å². The van der Waals surface area contributed by atoms with Gasteiger partial charge in [-0.15, -0.1) is 10.2 Å². The van der Waals surface area contributed by atoms with Crippen molar-refractivity contribution in [2.24, 2.45) is 0 Å². The second-order valence-corrected chi connectivity index (χ2v) is 5.55. The maximum Gasteiger partial charge on any atom is 0.203 e. The lowest BCUT2D eigenvalue weighted by Crippen LogP contribution is -2.29. The van der Waals surface area contributed by atoms with Crippen molar-refractivity contribution in [1.82, 2.24) is 10.2 Å². The molecule has 0 saturated carbocycles. The molecule has 1 fully saturated rings. The average molecular weight is 260 g/mol. The molecule has 1 aliphatic rings. The Balaban J connectivity index is 1.80. The second kappa shape index (κ2) is 4.94. The summed E-state index contributed by atoms with van der Waals surface area (Å²) in [6.45, 7) is 2.34. The van der Waals surface area contributed by atoms with Crippen LogP contribution in [-0.4, -0.2) is 23.3 Å². The van der Waals surface area contributed by atoms with E-state index >= 15 is 0 Å². The summed E-state index contributed by atoms with van der Waals surface area (Å²) in [6.07, 6.45) is 3.96. The summed E-state index contributed by atoms with van der Waals surface area (Å²) in [6, 6.07) is 8.53. The highest BCUT2D eigenvalue weighted by Gasteiger charge is 2.11. The van der Waals surface area contributed by atoms with E-state index in [0.717, 1.165) is 10.6 Å². The summed E-state index contributed by atoms with van der Waals surface area (Å²) in [4.78, 5) is 2.45. The summed E-state index contributed by atoms with van der Waals surface area (Å²) in [7, 11) is 0. The maximum absolute atomic E-state index is 5.60. The Bertz CT molecular complexity index is 514. The van der Waals surface area contributed by atoms with Crippen LogP contribution >= 0.6 is 11.3 Å². The Kier molecular flexibility index (Phi) is 3.15. The van der Waals surface area contributed by atoms with Gasteiger partial charge in [0, 0.05) is 24.3 Å². The third-order valence-corrected chi connectivity index (χ3v) is 4.08. The molecule has 5 heteroatoms. The average Bonchev–Trinajstić information content (AvgIpc) is 2.87. The largest absolute Gasteiger partial charge is 0.374 e. The highest BCUT2D eigenvalue weighted by atomic mass is 32.1. The fourth-order valence-corrected chi connectivity index (χ4v) is 2.93. The van der Waals surface area contributed by atoms with E-state index in [1.54, 1.807) is 0 Å². The molecule has 0 bridgehead atoms. The first-order valence-corrected chi connectivity index (χ1v) is 7.09. The Hall–Kier alpha value is -1.62. The number of piperidine rings is 1. The van der Waals surface area contributed by atoms with E-state index in [4.69, 9.17) is 5.73 Å². The van der Waals surface area contributed by atoms with Gasteiger partial charge < -0.3 is 10.6 Å². The van der Waals surface area contributed by atoms with Crippen LogP contribution in [0, 0.1) is 0 Å². The summed E-state index contributed by atoms with van der Waals surface area (Å²) < 4.78 is 0. The van der Waals surface area contributed by atoms with Crippen molar-refractivity contribution in [1.29, 1.82) is 0 Å². The minimum Gasteiger partial charge on any atom is -0.374 e. The molecule has 0 radical (unpaired) electrons. The molecule has 18 heavy (non-hydrogen) atoms. The third-order valence-electron chi connectivity index (χ3n) is 3.28. The van der Waals surface area contributed by atoms with Crippen LogP contribution in [0.2, 0.25) is 0 Å². The summed E-state index contributed by atoms with van der Waals surface area (Å²) in [5.41, 5.74) is 7.99. The molecule has 0 aliphatic carbocycles. The molecular weight excluding hydrogens is 244 g/mol. The zero-order valence-corrected chi connectivity index (χ0v) is 11.0. The summed E-state index contributed by atoms with van der Waals surface area (Å²) in [5, 5.41) is 9.30. The molecule has 0 amide bonds. The smallest absolute Gasteiger partial charge is 0.203 e. The molecule has 94 valence electrons. The number of nitrogens with zero attached hydrogens (tertiary/aromatic N) is 3. The van der Waals surface area contributed by atoms with E-state index in [9.17, 15) is 0 Å². The van der Waals surface area contributed by atoms with Gasteiger partial charge in [-0.2, -0.15) is 0 Å². The molecule has 1 aromatic heterocycles. The Labute approximate surface area is 110 Å². The number of hydrogen-bond acceptors (Lipinski definition) is 5. The van der Waals surface area contributed by atoms with Crippen molar-refractivity contribution in [3.63, 3.8) is 0 Å². The van der Waals surface area contributed by atoms with Crippen LogP contribution in [0.3, 0.4) is 0 Å². The molecular formula is C13H16N4S. The van der Waals surface area contributed by atoms with E-state index in [1.165, 1.54) is 49.4 Å². The predicted octanol–water partition coefficient (Wildman–Crippen LogP) is 2.78. The molecule has 4 nitrogen and oxygen atoms in total. The van der Waals surface area contributed by atoms with Gasteiger partial charge in [0.15, 0.2) is 0 Å². The molecule has 1 aromatic carbocycles. The first-order valence-electron chi connectivity index (χ1n) is 6.27. The van der Waals surface area contributed by atoms with Gasteiger partial charge in [0.1, 0.15) is 5.01 Å². The Morgan fingerprint density at radius 2 is 1.72 bits per heavy atom. The van der Waals surface area contributed by atoms with Gasteiger partial charge in [-0.25, -0.2) is 0 Å². The zero-order valence-electron chi connectivity index (χ0n) is 10.2. The van der Waals surface area contributed by atoms with Crippen molar-refractivity contribution in [2.45, 2.75) is 19.3 Å². The van der Waals surface area contributed by atoms with E-state index < -0.39 is 0 Å². The molecule has 1 aliphatic heterocycles. The standard InChI is InChI=1S/C13H16N4S/c14-13-16-15-12(18-13)10-4-6-11(7-5-10)17-8-2-1-3-9-17/h4-7H,1-3,8-9H2,(H2,14,16). The molecule has 2 aromatic rings. The van der Waals surface area contributed by atoms with Crippen LogP contribution in [0.25, 0.3) is 10.6 Å². The van der Waals surface area contributed by atoms with Crippen LogP contribution in [0.5, 0.6) is 0 Å². The third kappa shape index (κ3) is 2.31.